The third-order valence-electron chi connectivity index (χ3n) is 5.83. The molecule has 29 heavy (non-hydrogen) atoms. The number of piperidine rings is 1. The molecular weight excluding hydrogens is 373 g/mol. The number of rotatable bonds is 2. The monoisotopic (exact) mass is 393 g/mol. The van der Waals surface area contributed by atoms with Crippen LogP contribution in [-0.4, -0.2) is 33.4 Å². The molecule has 0 radical (unpaired) electrons. The molecule has 1 amide bonds. The minimum absolute atomic E-state index is 0.0357. The Morgan fingerprint density at radius 2 is 1.93 bits per heavy atom. The number of aromatic nitrogens is 2. The Hall–Kier alpha value is -3.35. The van der Waals surface area contributed by atoms with Crippen LogP contribution in [-0.2, 0) is 0 Å². The summed E-state index contributed by atoms with van der Waals surface area (Å²) in [6.07, 6.45) is 1.36. The van der Waals surface area contributed by atoms with Crippen LogP contribution >= 0.6 is 0 Å². The minimum atomic E-state index is -0.356. The van der Waals surface area contributed by atoms with Crippen molar-refractivity contribution in [3.05, 3.63) is 70.1 Å². The number of carbonyl (C=O) groups is 1. The number of benzene rings is 2. The van der Waals surface area contributed by atoms with Crippen molar-refractivity contribution in [2.24, 2.45) is 0 Å². The molecule has 1 saturated heterocycles. The zero-order valence-electron chi connectivity index (χ0n) is 15.9. The molecule has 7 heteroatoms. The number of fused-ring (bicyclic) bond motifs is 2. The minimum Gasteiger partial charge on any atom is -0.451 e. The summed E-state index contributed by atoms with van der Waals surface area (Å²) in [6.45, 7) is 2.83. The molecule has 5 rings (SSSR count). The van der Waals surface area contributed by atoms with Gasteiger partial charge in [-0.3, -0.25) is 9.36 Å². The van der Waals surface area contributed by atoms with Crippen LogP contribution in [0.5, 0.6) is 0 Å². The summed E-state index contributed by atoms with van der Waals surface area (Å²) in [5, 5.41) is 0.619. The Labute approximate surface area is 165 Å². The highest BCUT2D eigenvalue weighted by Crippen LogP contribution is 2.30. The van der Waals surface area contributed by atoms with Gasteiger partial charge in [0.1, 0.15) is 11.4 Å². The van der Waals surface area contributed by atoms with Crippen LogP contribution in [0.4, 0.5) is 4.39 Å². The Kier molecular flexibility index (Phi) is 4.04. The molecule has 2 aromatic heterocycles. The molecule has 0 unspecified atom stereocenters. The van der Waals surface area contributed by atoms with Gasteiger partial charge in [-0.1, -0.05) is 12.1 Å². The Balaban J connectivity index is 1.38. The number of aromatic amines is 1. The number of furan rings is 1. The van der Waals surface area contributed by atoms with Crippen molar-refractivity contribution in [2.75, 3.05) is 13.1 Å². The normalized spacial score (nSPS) is 15.4. The number of carbonyl (C=O) groups excluding carboxylic acids is 1. The molecule has 0 atom stereocenters. The number of halogens is 1. The third-order valence-corrected chi connectivity index (χ3v) is 5.83. The molecule has 1 aliphatic rings. The van der Waals surface area contributed by atoms with Crippen molar-refractivity contribution in [3.8, 4) is 0 Å². The number of imidazole rings is 1. The van der Waals surface area contributed by atoms with E-state index in [0.717, 1.165) is 11.0 Å². The van der Waals surface area contributed by atoms with Crippen molar-refractivity contribution in [1.82, 2.24) is 14.5 Å². The summed E-state index contributed by atoms with van der Waals surface area (Å²) in [5.41, 5.74) is 2.75. The predicted molar refractivity (Wildman–Crippen MR) is 108 cm³/mol. The smallest absolute Gasteiger partial charge is 0.326 e. The lowest BCUT2D eigenvalue weighted by Crippen LogP contribution is -2.40. The van der Waals surface area contributed by atoms with Crippen molar-refractivity contribution < 1.29 is 13.6 Å². The summed E-state index contributed by atoms with van der Waals surface area (Å²) < 4.78 is 21.1. The van der Waals surface area contributed by atoms with E-state index in [1.54, 1.807) is 22.5 Å². The molecule has 148 valence electrons. The van der Waals surface area contributed by atoms with Crippen molar-refractivity contribution in [2.45, 2.75) is 25.8 Å². The first-order chi connectivity index (χ1) is 14.0. The third kappa shape index (κ3) is 2.85. The predicted octanol–water partition coefficient (Wildman–Crippen LogP) is 4.00. The van der Waals surface area contributed by atoms with E-state index in [-0.39, 0.29) is 29.2 Å². The molecule has 2 aromatic carbocycles. The Morgan fingerprint density at radius 1 is 1.17 bits per heavy atom. The fourth-order valence-electron chi connectivity index (χ4n) is 4.30. The highest BCUT2D eigenvalue weighted by molar-refractivity contribution is 5.99. The number of hydrogen-bond donors (Lipinski definition) is 1. The molecule has 0 spiro atoms. The molecule has 1 aliphatic heterocycles. The summed E-state index contributed by atoms with van der Waals surface area (Å²) in [4.78, 5) is 30.1. The number of nitrogens with zero attached hydrogens (tertiary/aromatic N) is 2. The van der Waals surface area contributed by atoms with Crippen molar-refractivity contribution >= 4 is 27.9 Å². The highest BCUT2D eigenvalue weighted by Gasteiger charge is 2.29. The molecule has 3 heterocycles. The van der Waals surface area contributed by atoms with Gasteiger partial charge in [0.25, 0.3) is 5.91 Å². The van der Waals surface area contributed by atoms with E-state index in [9.17, 15) is 14.0 Å². The number of amides is 1. The average Bonchev–Trinajstić information content (AvgIpc) is 3.24. The molecule has 1 fully saturated rings. The topological polar surface area (TPSA) is 71.2 Å². The average molecular weight is 393 g/mol. The number of likely N-dealkylation sites (tertiary alicyclic amines) is 1. The van der Waals surface area contributed by atoms with E-state index in [0.29, 0.717) is 42.5 Å². The first-order valence-electron chi connectivity index (χ1n) is 9.70. The zero-order chi connectivity index (χ0) is 20.1. The second-order valence-electron chi connectivity index (χ2n) is 7.54. The van der Waals surface area contributed by atoms with Gasteiger partial charge in [-0.05, 0) is 50.1 Å². The molecule has 6 nitrogen and oxygen atoms in total. The van der Waals surface area contributed by atoms with Gasteiger partial charge < -0.3 is 14.3 Å². The fraction of sp³-hybridized carbons (Fsp3) is 0.273. The van der Waals surface area contributed by atoms with Gasteiger partial charge in [0.15, 0.2) is 5.76 Å². The molecule has 1 N–H and O–H groups in total. The van der Waals surface area contributed by atoms with Gasteiger partial charge in [-0.15, -0.1) is 0 Å². The lowest BCUT2D eigenvalue weighted by molar-refractivity contribution is 0.0664. The highest BCUT2D eigenvalue weighted by atomic mass is 19.1. The van der Waals surface area contributed by atoms with Crippen LogP contribution in [0.15, 0.2) is 51.7 Å². The second-order valence-corrected chi connectivity index (χ2v) is 7.54. The maximum atomic E-state index is 13.5. The van der Waals surface area contributed by atoms with Crippen molar-refractivity contribution in [1.29, 1.82) is 0 Å². The fourth-order valence-corrected chi connectivity index (χ4v) is 4.30. The second kappa shape index (κ2) is 6.62. The summed E-state index contributed by atoms with van der Waals surface area (Å²) >= 11 is 0. The first-order valence-corrected chi connectivity index (χ1v) is 9.70. The van der Waals surface area contributed by atoms with Crippen LogP contribution < -0.4 is 5.69 Å². The molecular formula is C22H20FN3O3. The summed E-state index contributed by atoms with van der Waals surface area (Å²) in [6, 6.07) is 11.9. The van der Waals surface area contributed by atoms with Gasteiger partial charge in [0.05, 0.1) is 11.0 Å². The van der Waals surface area contributed by atoms with Gasteiger partial charge in [-0.25, -0.2) is 9.18 Å². The number of nitrogens with one attached hydrogen (secondary N) is 1. The van der Waals surface area contributed by atoms with Crippen LogP contribution in [0, 0.1) is 12.7 Å². The van der Waals surface area contributed by atoms with E-state index in [1.807, 2.05) is 24.3 Å². The maximum Gasteiger partial charge on any atom is 0.326 e. The first kappa shape index (κ1) is 17.7. The quantitative estimate of drug-likeness (QED) is 0.560. The Morgan fingerprint density at radius 3 is 2.72 bits per heavy atom. The number of aryl methyl sites for hydroxylation is 1. The zero-order valence-corrected chi connectivity index (χ0v) is 15.9. The molecule has 0 saturated carbocycles. The summed E-state index contributed by atoms with van der Waals surface area (Å²) in [5.74, 6) is -0.289. The SMILES string of the molecule is Cc1c(C(=O)N2CCC(n3c(=O)[nH]c4ccccc43)CC2)oc2ccc(F)cc12. The van der Waals surface area contributed by atoms with Crippen LogP contribution in [0.25, 0.3) is 22.0 Å². The van der Waals surface area contributed by atoms with E-state index in [4.69, 9.17) is 4.42 Å². The number of H-pyrrole nitrogens is 1. The van der Waals surface area contributed by atoms with Gasteiger partial charge in [-0.2, -0.15) is 0 Å². The maximum absolute atomic E-state index is 13.5. The molecule has 0 bridgehead atoms. The standard InChI is InChI=1S/C22H20FN3O3/c1-13-16-12-14(23)6-7-19(16)29-20(13)21(27)25-10-8-15(9-11-25)26-18-5-3-2-4-17(18)24-22(26)28/h2-7,12,15H,8-11H2,1H3,(H,24,28). The molecule has 4 aromatic rings. The van der Waals surface area contributed by atoms with Crippen LogP contribution in [0.1, 0.15) is 35.0 Å². The largest absolute Gasteiger partial charge is 0.451 e. The number of para-hydroxylation sites is 2. The van der Waals surface area contributed by atoms with Gasteiger partial charge in [0.2, 0.25) is 0 Å². The van der Waals surface area contributed by atoms with E-state index in [2.05, 4.69) is 4.98 Å². The van der Waals surface area contributed by atoms with Gasteiger partial charge >= 0.3 is 5.69 Å². The van der Waals surface area contributed by atoms with Gasteiger partial charge in [0, 0.05) is 30.1 Å². The summed E-state index contributed by atoms with van der Waals surface area (Å²) in [7, 11) is 0. The van der Waals surface area contributed by atoms with Crippen molar-refractivity contribution in [3.63, 3.8) is 0 Å². The lowest BCUT2D eigenvalue weighted by Gasteiger charge is -2.32. The van der Waals surface area contributed by atoms with E-state index < -0.39 is 0 Å². The van der Waals surface area contributed by atoms with E-state index >= 15 is 0 Å². The van der Waals surface area contributed by atoms with Crippen LogP contribution in [0.2, 0.25) is 0 Å². The van der Waals surface area contributed by atoms with E-state index in [1.165, 1.54) is 12.1 Å². The number of hydrogen-bond acceptors (Lipinski definition) is 3. The lowest BCUT2D eigenvalue weighted by atomic mass is 10.0. The van der Waals surface area contributed by atoms with Crippen LogP contribution in [0.3, 0.4) is 0 Å². The Bertz CT molecular complexity index is 1290. The molecule has 0 aliphatic carbocycles.